The smallest absolute Gasteiger partial charge is 0.262 e. The van der Waals surface area contributed by atoms with Crippen LogP contribution in [-0.4, -0.2) is 17.7 Å². The molecule has 2 N–H and O–H groups in total. The highest BCUT2D eigenvalue weighted by atomic mass is 16.2. The third-order valence-corrected chi connectivity index (χ3v) is 3.49. The Bertz CT molecular complexity index is 718. The minimum atomic E-state index is -0.373. The number of hydrogen-bond acceptors (Lipinski definition) is 3. The van der Waals surface area contributed by atoms with Crippen molar-refractivity contribution >= 4 is 23.4 Å². The number of rotatable bonds is 6. The lowest BCUT2D eigenvalue weighted by Gasteiger charge is -2.13. The molecule has 2 aromatic rings. The summed E-state index contributed by atoms with van der Waals surface area (Å²) >= 11 is 0. The lowest BCUT2D eigenvalue weighted by atomic mass is 10.2. The number of hydrazone groups is 1. The van der Waals surface area contributed by atoms with E-state index in [1.807, 2.05) is 80.6 Å². The number of benzene rings is 2. The second kappa shape index (κ2) is 8.67. The molecule has 1 amide bonds. The van der Waals surface area contributed by atoms with Gasteiger partial charge in [-0.1, -0.05) is 54.1 Å². The third kappa shape index (κ3) is 5.72. The first-order valence-electron chi connectivity index (χ1n) is 7.95. The lowest BCUT2D eigenvalue weighted by molar-refractivity contribution is -0.121. The van der Waals surface area contributed by atoms with E-state index in [1.54, 1.807) is 6.92 Å². The van der Waals surface area contributed by atoms with Crippen molar-refractivity contribution in [1.29, 1.82) is 0 Å². The molecule has 0 aliphatic rings. The van der Waals surface area contributed by atoms with E-state index >= 15 is 0 Å². The van der Waals surface area contributed by atoms with Crippen LogP contribution < -0.4 is 10.7 Å². The van der Waals surface area contributed by atoms with Gasteiger partial charge in [-0.3, -0.25) is 4.79 Å². The van der Waals surface area contributed by atoms with E-state index in [1.165, 1.54) is 5.56 Å². The summed E-state index contributed by atoms with van der Waals surface area (Å²) in [4.78, 5) is 12.1. The number of hydrogen-bond donors (Lipinski definition) is 2. The Labute approximate surface area is 143 Å². The van der Waals surface area contributed by atoms with Crippen molar-refractivity contribution in [2.45, 2.75) is 26.8 Å². The maximum absolute atomic E-state index is 12.1. The summed E-state index contributed by atoms with van der Waals surface area (Å²) in [6, 6.07) is 17.5. The lowest BCUT2D eigenvalue weighted by Crippen LogP contribution is -2.35. The molecule has 4 heteroatoms. The molecular formula is C20H23N3O. The zero-order chi connectivity index (χ0) is 17.4. The molecule has 0 unspecified atom stereocenters. The van der Waals surface area contributed by atoms with Crippen LogP contribution in [0.2, 0.25) is 0 Å². The van der Waals surface area contributed by atoms with Gasteiger partial charge >= 0.3 is 0 Å². The zero-order valence-electron chi connectivity index (χ0n) is 14.3. The van der Waals surface area contributed by atoms with Gasteiger partial charge in [-0.15, -0.1) is 0 Å². The molecule has 124 valence electrons. The molecule has 0 radical (unpaired) electrons. The molecule has 0 heterocycles. The molecule has 0 aromatic heterocycles. The predicted octanol–water partition coefficient (Wildman–Crippen LogP) is 4.00. The van der Waals surface area contributed by atoms with Gasteiger partial charge in [-0.05, 0) is 44.5 Å². The number of carbonyl (C=O) groups excluding carboxylic acids is 1. The molecule has 0 saturated carbocycles. The fourth-order valence-electron chi connectivity index (χ4n) is 2.02. The minimum Gasteiger partial charge on any atom is -0.374 e. The molecule has 24 heavy (non-hydrogen) atoms. The second-order valence-electron chi connectivity index (χ2n) is 5.71. The van der Waals surface area contributed by atoms with Crippen LogP contribution in [0.1, 0.15) is 25.0 Å². The third-order valence-electron chi connectivity index (χ3n) is 3.49. The van der Waals surface area contributed by atoms with Gasteiger partial charge in [0, 0.05) is 5.69 Å². The van der Waals surface area contributed by atoms with Crippen molar-refractivity contribution in [3.05, 3.63) is 71.8 Å². The number of nitrogens with one attached hydrogen (secondary N) is 2. The van der Waals surface area contributed by atoms with Crippen LogP contribution in [0, 0.1) is 6.92 Å². The number of carbonyl (C=O) groups is 1. The number of aryl methyl sites for hydroxylation is 1. The first kappa shape index (κ1) is 17.5. The zero-order valence-corrected chi connectivity index (χ0v) is 14.3. The second-order valence-corrected chi connectivity index (χ2v) is 5.71. The van der Waals surface area contributed by atoms with Crippen LogP contribution in [0.3, 0.4) is 0 Å². The Morgan fingerprint density at radius 3 is 2.42 bits per heavy atom. The fourth-order valence-corrected chi connectivity index (χ4v) is 2.02. The van der Waals surface area contributed by atoms with Crippen molar-refractivity contribution in [2.24, 2.45) is 5.10 Å². The van der Waals surface area contributed by atoms with Gasteiger partial charge in [0.05, 0.1) is 5.71 Å². The van der Waals surface area contributed by atoms with Crippen molar-refractivity contribution in [3.63, 3.8) is 0 Å². The quantitative estimate of drug-likeness (QED) is 0.624. The summed E-state index contributed by atoms with van der Waals surface area (Å²) in [5.41, 5.74) is 6.50. The molecule has 4 nitrogen and oxygen atoms in total. The van der Waals surface area contributed by atoms with E-state index in [0.29, 0.717) is 0 Å². The van der Waals surface area contributed by atoms with E-state index in [4.69, 9.17) is 0 Å². The monoisotopic (exact) mass is 321 g/mol. The molecule has 0 bridgehead atoms. The Hall–Kier alpha value is -2.88. The first-order valence-corrected chi connectivity index (χ1v) is 7.95. The number of amides is 1. The van der Waals surface area contributed by atoms with Crippen LogP contribution in [-0.2, 0) is 4.79 Å². The number of nitrogens with zero attached hydrogens (tertiary/aromatic N) is 1. The van der Waals surface area contributed by atoms with E-state index in [2.05, 4.69) is 15.8 Å². The Morgan fingerprint density at radius 2 is 1.75 bits per heavy atom. The Kier molecular flexibility index (Phi) is 6.32. The van der Waals surface area contributed by atoms with E-state index in [9.17, 15) is 4.79 Å². The fraction of sp³-hybridized carbons (Fsp3) is 0.200. The summed E-state index contributed by atoms with van der Waals surface area (Å²) in [5, 5.41) is 7.26. The van der Waals surface area contributed by atoms with Crippen molar-refractivity contribution in [2.75, 3.05) is 5.32 Å². The van der Waals surface area contributed by atoms with E-state index in [0.717, 1.165) is 17.0 Å². The first-order chi connectivity index (χ1) is 11.5. The molecule has 2 rings (SSSR count). The maximum Gasteiger partial charge on any atom is 0.262 e. The summed E-state index contributed by atoms with van der Waals surface area (Å²) in [5.74, 6) is -0.178. The largest absolute Gasteiger partial charge is 0.374 e. The minimum absolute atomic E-state index is 0.178. The molecule has 1 atom stereocenters. The van der Waals surface area contributed by atoms with Crippen molar-refractivity contribution in [3.8, 4) is 0 Å². The number of anilines is 1. The van der Waals surface area contributed by atoms with Gasteiger partial charge in [-0.25, -0.2) is 5.43 Å². The van der Waals surface area contributed by atoms with E-state index < -0.39 is 0 Å². The molecular weight excluding hydrogens is 298 g/mol. The highest BCUT2D eigenvalue weighted by Gasteiger charge is 2.11. The van der Waals surface area contributed by atoms with Gasteiger partial charge in [0.1, 0.15) is 6.04 Å². The van der Waals surface area contributed by atoms with Gasteiger partial charge in [0.2, 0.25) is 0 Å². The summed E-state index contributed by atoms with van der Waals surface area (Å²) in [6.45, 7) is 5.68. The average molecular weight is 321 g/mol. The summed E-state index contributed by atoms with van der Waals surface area (Å²) in [7, 11) is 0. The maximum atomic E-state index is 12.1. The molecule has 0 aliphatic carbocycles. The van der Waals surface area contributed by atoms with Gasteiger partial charge in [-0.2, -0.15) is 5.10 Å². The van der Waals surface area contributed by atoms with Crippen molar-refractivity contribution in [1.82, 2.24) is 5.43 Å². The van der Waals surface area contributed by atoms with Crippen LogP contribution in [0.15, 0.2) is 65.8 Å². The van der Waals surface area contributed by atoms with Gasteiger partial charge in [0.25, 0.3) is 5.91 Å². The molecule has 0 aliphatic heterocycles. The standard InChI is InChI=1S/C20H23N3O/c1-15-9-13-19(14-10-15)21-17(3)20(24)23-22-16(2)11-12-18-7-5-4-6-8-18/h4-14,17,21H,1-3H3,(H,23,24)/b12-11-,22-16?/t17-/m0/s1. The molecule has 0 fully saturated rings. The number of allylic oxidation sites excluding steroid dienone is 1. The van der Waals surface area contributed by atoms with Crippen LogP contribution >= 0.6 is 0 Å². The van der Waals surface area contributed by atoms with Crippen LogP contribution in [0.4, 0.5) is 5.69 Å². The average Bonchev–Trinajstić information content (AvgIpc) is 2.60. The van der Waals surface area contributed by atoms with Crippen LogP contribution in [0.5, 0.6) is 0 Å². The highest BCUT2D eigenvalue weighted by Crippen LogP contribution is 2.10. The Balaban J connectivity index is 1.86. The topological polar surface area (TPSA) is 53.5 Å². The SMILES string of the molecule is CC(/C=C\c1ccccc1)=NNC(=O)[C@H](C)Nc1ccc(C)cc1. The normalized spacial score (nSPS) is 12.9. The van der Waals surface area contributed by atoms with Crippen molar-refractivity contribution < 1.29 is 4.79 Å². The Morgan fingerprint density at radius 1 is 1.08 bits per heavy atom. The molecule has 0 saturated heterocycles. The summed E-state index contributed by atoms with van der Waals surface area (Å²) < 4.78 is 0. The molecule has 2 aromatic carbocycles. The highest BCUT2D eigenvalue weighted by molar-refractivity contribution is 5.97. The molecule has 0 spiro atoms. The summed E-state index contributed by atoms with van der Waals surface area (Å²) in [6.07, 6.45) is 3.83. The van der Waals surface area contributed by atoms with Crippen LogP contribution in [0.25, 0.3) is 6.08 Å². The van der Waals surface area contributed by atoms with Gasteiger partial charge in [0.15, 0.2) is 0 Å². The van der Waals surface area contributed by atoms with E-state index in [-0.39, 0.29) is 11.9 Å². The predicted molar refractivity (Wildman–Crippen MR) is 101 cm³/mol. The van der Waals surface area contributed by atoms with Gasteiger partial charge < -0.3 is 5.32 Å².